The first-order valence-corrected chi connectivity index (χ1v) is 8.74. The predicted molar refractivity (Wildman–Crippen MR) is 100 cm³/mol. The lowest BCUT2D eigenvalue weighted by molar-refractivity contribution is -0.130. The van der Waals surface area contributed by atoms with Crippen molar-refractivity contribution in [3.8, 4) is 5.75 Å². The second kappa shape index (κ2) is 10.4. The molecular formula is C16H24ClN3O3S. The average Bonchev–Trinajstić information content (AvgIpc) is 2.54. The summed E-state index contributed by atoms with van der Waals surface area (Å²) in [6, 6.07) is 7.28. The summed E-state index contributed by atoms with van der Waals surface area (Å²) in [7, 11) is 3.37. The van der Waals surface area contributed by atoms with Gasteiger partial charge in [0.1, 0.15) is 5.75 Å². The molecule has 0 bridgehead atoms. The Morgan fingerprint density at radius 2 is 2.04 bits per heavy atom. The highest BCUT2D eigenvalue weighted by Gasteiger charge is 2.16. The number of likely N-dealkylation sites (N-methyl/N-ethyl adjacent to an activating group) is 1. The van der Waals surface area contributed by atoms with Crippen molar-refractivity contribution in [3.63, 3.8) is 0 Å². The minimum Gasteiger partial charge on any atom is -0.484 e. The van der Waals surface area contributed by atoms with Crippen LogP contribution in [0.5, 0.6) is 5.75 Å². The van der Waals surface area contributed by atoms with E-state index in [0.717, 1.165) is 23.7 Å². The Labute approximate surface area is 153 Å². The number of nitrogens with one attached hydrogen (secondary N) is 2. The molecule has 0 radical (unpaired) electrons. The highest BCUT2D eigenvalue weighted by Crippen LogP contribution is 2.17. The van der Waals surface area contributed by atoms with Gasteiger partial charge in [-0.1, -0.05) is 0 Å². The standard InChI is InChI=1S/C16H23N3O3S.ClH/c1-19(2)16(21)10-22-14-5-3-12(4-6-14)18-15(20)9-13-11-23-8-7-17-13;/h3-6,13,17H,7-11H2,1-2H3,(H,18,20);1H. The zero-order valence-electron chi connectivity index (χ0n) is 13.9. The van der Waals surface area contributed by atoms with E-state index < -0.39 is 0 Å². The minimum absolute atomic E-state index is 0. The molecule has 2 N–H and O–H groups in total. The molecule has 0 spiro atoms. The Kier molecular flexibility index (Phi) is 8.95. The summed E-state index contributed by atoms with van der Waals surface area (Å²) >= 11 is 1.87. The SMILES string of the molecule is CN(C)C(=O)COc1ccc(NC(=O)CC2CSCCN2)cc1.Cl. The molecular weight excluding hydrogens is 350 g/mol. The Morgan fingerprint density at radius 3 is 2.62 bits per heavy atom. The monoisotopic (exact) mass is 373 g/mol. The zero-order valence-corrected chi connectivity index (χ0v) is 15.5. The molecule has 0 aromatic heterocycles. The molecule has 1 aromatic rings. The molecule has 2 rings (SSSR count). The molecule has 1 fully saturated rings. The van der Waals surface area contributed by atoms with Crippen LogP contribution in [-0.2, 0) is 9.59 Å². The quantitative estimate of drug-likeness (QED) is 0.792. The summed E-state index contributed by atoms with van der Waals surface area (Å²) in [6.07, 6.45) is 0.475. The van der Waals surface area contributed by atoms with E-state index in [-0.39, 0.29) is 36.9 Å². The van der Waals surface area contributed by atoms with Gasteiger partial charge < -0.3 is 20.3 Å². The number of hydrogen-bond acceptors (Lipinski definition) is 5. The topological polar surface area (TPSA) is 70.7 Å². The van der Waals surface area contributed by atoms with Crippen molar-refractivity contribution in [2.24, 2.45) is 0 Å². The molecule has 1 unspecified atom stereocenters. The third-order valence-electron chi connectivity index (χ3n) is 3.43. The highest BCUT2D eigenvalue weighted by atomic mass is 35.5. The Bertz CT molecular complexity index is 534. The molecule has 2 amide bonds. The fraction of sp³-hybridized carbons (Fsp3) is 0.500. The molecule has 0 aliphatic carbocycles. The van der Waals surface area contributed by atoms with Crippen LogP contribution in [0.3, 0.4) is 0 Å². The molecule has 8 heteroatoms. The summed E-state index contributed by atoms with van der Waals surface area (Å²) in [6.45, 7) is 0.962. The van der Waals surface area contributed by atoms with E-state index in [9.17, 15) is 9.59 Å². The molecule has 1 aliphatic rings. The fourth-order valence-corrected chi connectivity index (χ4v) is 3.04. The van der Waals surface area contributed by atoms with Gasteiger partial charge in [-0.15, -0.1) is 12.4 Å². The Balaban J connectivity index is 0.00000288. The maximum atomic E-state index is 12.0. The normalized spacial score (nSPS) is 16.7. The number of anilines is 1. The zero-order chi connectivity index (χ0) is 16.7. The maximum absolute atomic E-state index is 12.0. The van der Waals surface area contributed by atoms with E-state index in [1.807, 2.05) is 11.8 Å². The second-order valence-corrected chi connectivity index (χ2v) is 6.73. The van der Waals surface area contributed by atoms with Crippen molar-refractivity contribution in [2.75, 3.05) is 44.1 Å². The lowest BCUT2D eigenvalue weighted by Gasteiger charge is -2.22. The van der Waals surface area contributed by atoms with Crippen molar-refractivity contribution in [1.82, 2.24) is 10.2 Å². The van der Waals surface area contributed by atoms with Crippen LogP contribution in [0.15, 0.2) is 24.3 Å². The number of rotatable bonds is 6. The minimum atomic E-state index is -0.0970. The van der Waals surface area contributed by atoms with Crippen molar-refractivity contribution < 1.29 is 14.3 Å². The van der Waals surface area contributed by atoms with Crippen LogP contribution in [0.25, 0.3) is 0 Å². The summed E-state index contributed by atoms with van der Waals surface area (Å²) in [5.41, 5.74) is 0.727. The lowest BCUT2D eigenvalue weighted by Crippen LogP contribution is -2.39. The van der Waals surface area contributed by atoms with Crippen LogP contribution in [0, 0.1) is 0 Å². The van der Waals surface area contributed by atoms with Gasteiger partial charge in [-0.05, 0) is 24.3 Å². The molecule has 1 aliphatic heterocycles. The number of benzene rings is 1. The molecule has 1 atom stereocenters. The number of carbonyl (C=O) groups excluding carboxylic acids is 2. The van der Waals surface area contributed by atoms with Gasteiger partial charge in [-0.25, -0.2) is 0 Å². The van der Waals surface area contributed by atoms with Gasteiger partial charge in [0, 0.05) is 50.3 Å². The van der Waals surface area contributed by atoms with Gasteiger partial charge in [0.2, 0.25) is 5.91 Å². The van der Waals surface area contributed by atoms with Gasteiger partial charge in [0.25, 0.3) is 5.91 Å². The van der Waals surface area contributed by atoms with Crippen molar-refractivity contribution in [3.05, 3.63) is 24.3 Å². The van der Waals surface area contributed by atoms with Crippen LogP contribution >= 0.6 is 24.2 Å². The van der Waals surface area contributed by atoms with Gasteiger partial charge in [-0.2, -0.15) is 11.8 Å². The molecule has 1 saturated heterocycles. The van der Waals surface area contributed by atoms with Crippen LogP contribution in [0.2, 0.25) is 0 Å². The molecule has 1 heterocycles. The van der Waals surface area contributed by atoms with Crippen LogP contribution in [-0.4, -0.2) is 61.5 Å². The fourth-order valence-electron chi connectivity index (χ4n) is 2.10. The van der Waals surface area contributed by atoms with Gasteiger partial charge >= 0.3 is 0 Å². The Hall–Kier alpha value is -1.44. The third-order valence-corrected chi connectivity index (χ3v) is 4.56. The number of amides is 2. The van der Waals surface area contributed by atoms with Gasteiger partial charge in [-0.3, -0.25) is 9.59 Å². The number of halogens is 1. The van der Waals surface area contributed by atoms with E-state index in [4.69, 9.17) is 4.74 Å². The lowest BCUT2D eigenvalue weighted by atomic mass is 10.2. The largest absolute Gasteiger partial charge is 0.484 e. The average molecular weight is 374 g/mol. The first kappa shape index (κ1) is 20.6. The van der Waals surface area contributed by atoms with Crippen LogP contribution < -0.4 is 15.4 Å². The highest BCUT2D eigenvalue weighted by molar-refractivity contribution is 7.99. The smallest absolute Gasteiger partial charge is 0.259 e. The van der Waals surface area contributed by atoms with E-state index in [1.54, 1.807) is 38.4 Å². The van der Waals surface area contributed by atoms with Crippen molar-refractivity contribution >= 4 is 41.7 Å². The molecule has 1 aromatic carbocycles. The number of ether oxygens (including phenoxy) is 1. The van der Waals surface area contributed by atoms with Crippen LogP contribution in [0.1, 0.15) is 6.42 Å². The number of nitrogens with zero attached hydrogens (tertiary/aromatic N) is 1. The van der Waals surface area contributed by atoms with E-state index >= 15 is 0 Å². The van der Waals surface area contributed by atoms with Gasteiger partial charge in [0.05, 0.1) is 0 Å². The first-order valence-electron chi connectivity index (χ1n) is 7.58. The van der Waals surface area contributed by atoms with E-state index in [2.05, 4.69) is 10.6 Å². The van der Waals surface area contributed by atoms with E-state index in [0.29, 0.717) is 12.2 Å². The molecule has 6 nitrogen and oxygen atoms in total. The third kappa shape index (κ3) is 6.98. The summed E-state index contributed by atoms with van der Waals surface area (Å²) in [5.74, 6) is 2.58. The molecule has 0 saturated carbocycles. The van der Waals surface area contributed by atoms with Gasteiger partial charge in [0.15, 0.2) is 6.61 Å². The molecule has 134 valence electrons. The van der Waals surface area contributed by atoms with Crippen molar-refractivity contribution in [2.45, 2.75) is 12.5 Å². The summed E-state index contributed by atoms with van der Waals surface area (Å²) < 4.78 is 5.39. The Morgan fingerprint density at radius 1 is 1.33 bits per heavy atom. The maximum Gasteiger partial charge on any atom is 0.259 e. The predicted octanol–water partition coefficient (Wildman–Crippen LogP) is 1.61. The second-order valence-electron chi connectivity index (χ2n) is 5.58. The van der Waals surface area contributed by atoms with Crippen LogP contribution in [0.4, 0.5) is 5.69 Å². The summed E-state index contributed by atoms with van der Waals surface area (Å²) in [5, 5.41) is 6.22. The first-order chi connectivity index (χ1) is 11.0. The number of thioether (sulfide) groups is 1. The molecule has 24 heavy (non-hydrogen) atoms. The van der Waals surface area contributed by atoms with Crippen molar-refractivity contribution in [1.29, 1.82) is 0 Å². The van der Waals surface area contributed by atoms with E-state index in [1.165, 1.54) is 4.90 Å². The number of hydrogen-bond donors (Lipinski definition) is 2. The summed E-state index contributed by atoms with van der Waals surface area (Å²) in [4.78, 5) is 24.9. The number of carbonyl (C=O) groups is 2.